The SMILES string of the molecule is Cc1cccc(CCC(=O)NCC2NC(=O)NC2=O)c1. The number of imide groups is 1. The summed E-state index contributed by atoms with van der Waals surface area (Å²) in [6, 6.07) is 6.79. The topological polar surface area (TPSA) is 87.3 Å². The molecule has 1 aliphatic rings. The van der Waals surface area contributed by atoms with Crippen molar-refractivity contribution in [3.63, 3.8) is 0 Å². The highest BCUT2D eigenvalue weighted by atomic mass is 16.2. The maximum absolute atomic E-state index is 11.7. The Morgan fingerprint density at radius 3 is 2.80 bits per heavy atom. The first-order valence-electron chi connectivity index (χ1n) is 6.48. The first-order chi connectivity index (χ1) is 9.54. The van der Waals surface area contributed by atoms with Crippen LogP contribution in [-0.4, -0.2) is 30.4 Å². The van der Waals surface area contributed by atoms with Crippen molar-refractivity contribution in [3.05, 3.63) is 35.4 Å². The lowest BCUT2D eigenvalue weighted by atomic mass is 10.1. The monoisotopic (exact) mass is 275 g/mol. The molecule has 2 rings (SSSR count). The van der Waals surface area contributed by atoms with E-state index in [9.17, 15) is 14.4 Å². The van der Waals surface area contributed by atoms with Crippen LogP contribution in [0.1, 0.15) is 17.5 Å². The Hall–Kier alpha value is -2.37. The van der Waals surface area contributed by atoms with Gasteiger partial charge in [-0.15, -0.1) is 0 Å². The molecule has 0 bridgehead atoms. The minimum atomic E-state index is -0.676. The van der Waals surface area contributed by atoms with E-state index in [0.717, 1.165) is 11.1 Å². The second kappa shape index (κ2) is 6.18. The molecular formula is C14H17N3O3. The smallest absolute Gasteiger partial charge is 0.322 e. The number of hydrogen-bond donors (Lipinski definition) is 3. The van der Waals surface area contributed by atoms with Crippen LogP contribution in [0.4, 0.5) is 4.79 Å². The van der Waals surface area contributed by atoms with Crippen molar-refractivity contribution in [1.82, 2.24) is 16.0 Å². The van der Waals surface area contributed by atoms with Crippen molar-refractivity contribution in [2.45, 2.75) is 25.8 Å². The van der Waals surface area contributed by atoms with Crippen LogP contribution < -0.4 is 16.0 Å². The zero-order chi connectivity index (χ0) is 14.5. The van der Waals surface area contributed by atoms with Gasteiger partial charge >= 0.3 is 6.03 Å². The predicted octanol–water partition coefficient (Wildman–Crippen LogP) is 0.252. The van der Waals surface area contributed by atoms with Crippen LogP contribution in [0.5, 0.6) is 0 Å². The molecule has 4 amide bonds. The molecular weight excluding hydrogens is 258 g/mol. The minimum Gasteiger partial charge on any atom is -0.353 e. The van der Waals surface area contributed by atoms with Gasteiger partial charge in [0, 0.05) is 13.0 Å². The summed E-state index contributed by atoms with van der Waals surface area (Å²) in [5.41, 5.74) is 2.26. The van der Waals surface area contributed by atoms with E-state index in [-0.39, 0.29) is 12.5 Å². The van der Waals surface area contributed by atoms with Crippen LogP contribution in [-0.2, 0) is 16.0 Å². The maximum Gasteiger partial charge on any atom is 0.322 e. The molecule has 0 spiro atoms. The fourth-order valence-corrected chi connectivity index (χ4v) is 2.03. The molecule has 0 aliphatic carbocycles. The van der Waals surface area contributed by atoms with Crippen LogP contribution in [0.25, 0.3) is 0 Å². The first-order valence-corrected chi connectivity index (χ1v) is 6.48. The lowest BCUT2D eigenvalue weighted by molar-refractivity contribution is -0.122. The van der Waals surface area contributed by atoms with Gasteiger partial charge in [-0.2, -0.15) is 0 Å². The molecule has 0 aromatic heterocycles. The van der Waals surface area contributed by atoms with E-state index in [0.29, 0.717) is 12.8 Å². The maximum atomic E-state index is 11.7. The largest absolute Gasteiger partial charge is 0.353 e. The molecule has 1 aromatic carbocycles. The third kappa shape index (κ3) is 3.81. The van der Waals surface area contributed by atoms with Gasteiger partial charge in [0.2, 0.25) is 5.91 Å². The van der Waals surface area contributed by atoms with Crippen molar-refractivity contribution in [2.24, 2.45) is 0 Å². The van der Waals surface area contributed by atoms with Crippen molar-refractivity contribution in [1.29, 1.82) is 0 Å². The molecule has 1 aliphatic heterocycles. The van der Waals surface area contributed by atoms with E-state index in [1.54, 1.807) is 0 Å². The molecule has 1 fully saturated rings. The number of benzene rings is 1. The highest BCUT2D eigenvalue weighted by Gasteiger charge is 2.29. The Bertz CT molecular complexity index is 542. The fraction of sp³-hybridized carbons (Fsp3) is 0.357. The quantitative estimate of drug-likeness (QED) is 0.673. The number of carbonyl (C=O) groups is 3. The van der Waals surface area contributed by atoms with E-state index >= 15 is 0 Å². The Morgan fingerprint density at radius 2 is 2.15 bits per heavy atom. The predicted molar refractivity (Wildman–Crippen MR) is 73.0 cm³/mol. The number of nitrogens with one attached hydrogen (secondary N) is 3. The first kappa shape index (κ1) is 14.0. The van der Waals surface area contributed by atoms with E-state index in [1.165, 1.54) is 0 Å². The number of amides is 4. The zero-order valence-electron chi connectivity index (χ0n) is 11.2. The summed E-state index contributed by atoms with van der Waals surface area (Å²) in [5, 5.41) is 7.19. The van der Waals surface area contributed by atoms with E-state index in [2.05, 4.69) is 16.0 Å². The van der Waals surface area contributed by atoms with Crippen LogP contribution in [0.15, 0.2) is 24.3 Å². The van der Waals surface area contributed by atoms with Gasteiger partial charge in [-0.1, -0.05) is 29.8 Å². The molecule has 1 atom stereocenters. The van der Waals surface area contributed by atoms with Crippen molar-refractivity contribution < 1.29 is 14.4 Å². The van der Waals surface area contributed by atoms with Gasteiger partial charge in [0.05, 0.1) is 0 Å². The molecule has 6 heteroatoms. The van der Waals surface area contributed by atoms with Crippen molar-refractivity contribution in [2.75, 3.05) is 6.54 Å². The molecule has 0 saturated carbocycles. The summed E-state index contributed by atoms with van der Waals surface area (Å²) in [7, 11) is 0. The molecule has 0 radical (unpaired) electrons. The number of hydrogen-bond acceptors (Lipinski definition) is 3. The molecule has 1 aromatic rings. The van der Waals surface area contributed by atoms with Crippen LogP contribution in [0, 0.1) is 6.92 Å². The summed E-state index contributed by atoms with van der Waals surface area (Å²) in [5.74, 6) is -0.547. The Balaban J connectivity index is 1.73. The van der Waals surface area contributed by atoms with Crippen molar-refractivity contribution >= 4 is 17.8 Å². The summed E-state index contributed by atoms with van der Waals surface area (Å²) in [6.45, 7) is 2.12. The molecule has 1 heterocycles. The lowest BCUT2D eigenvalue weighted by Gasteiger charge is -2.09. The average Bonchev–Trinajstić information content (AvgIpc) is 2.72. The van der Waals surface area contributed by atoms with Gasteiger partial charge < -0.3 is 10.6 Å². The van der Waals surface area contributed by atoms with Gasteiger partial charge in [-0.3, -0.25) is 14.9 Å². The molecule has 1 saturated heterocycles. The number of rotatable bonds is 5. The second-order valence-corrected chi connectivity index (χ2v) is 4.81. The third-order valence-electron chi connectivity index (χ3n) is 3.09. The molecule has 20 heavy (non-hydrogen) atoms. The molecule has 1 unspecified atom stereocenters. The molecule has 6 nitrogen and oxygen atoms in total. The van der Waals surface area contributed by atoms with Gasteiger partial charge in [0.1, 0.15) is 6.04 Å². The van der Waals surface area contributed by atoms with Crippen LogP contribution in [0.2, 0.25) is 0 Å². The Morgan fingerprint density at radius 1 is 1.35 bits per heavy atom. The molecule has 106 valence electrons. The number of urea groups is 1. The van der Waals surface area contributed by atoms with Crippen LogP contribution >= 0.6 is 0 Å². The Kier molecular flexibility index (Phi) is 4.34. The summed E-state index contributed by atoms with van der Waals surface area (Å²) in [4.78, 5) is 33.9. The molecule has 3 N–H and O–H groups in total. The van der Waals surface area contributed by atoms with E-state index in [1.807, 2.05) is 31.2 Å². The van der Waals surface area contributed by atoms with Gasteiger partial charge in [-0.05, 0) is 18.9 Å². The van der Waals surface area contributed by atoms with Gasteiger partial charge in [-0.25, -0.2) is 4.79 Å². The summed E-state index contributed by atoms with van der Waals surface area (Å²) in [6.07, 6.45) is 1.00. The third-order valence-corrected chi connectivity index (χ3v) is 3.09. The van der Waals surface area contributed by atoms with Gasteiger partial charge in [0.25, 0.3) is 5.91 Å². The number of aryl methyl sites for hydroxylation is 2. The second-order valence-electron chi connectivity index (χ2n) is 4.81. The van der Waals surface area contributed by atoms with Gasteiger partial charge in [0.15, 0.2) is 0 Å². The zero-order valence-corrected chi connectivity index (χ0v) is 11.2. The average molecular weight is 275 g/mol. The van der Waals surface area contributed by atoms with Crippen molar-refractivity contribution in [3.8, 4) is 0 Å². The summed E-state index contributed by atoms with van der Waals surface area (Å²) < 4.78 is 0. The van der Waals surface area contributed by atoms with E-state index < -0.39 is 18.0 Å². The lowest BCUT2D eigenvalue weighted by Crippen LogP contribution is -2.41. The summed E-state index contributed by atoms with van der Waals surface area (Å²) >= 11 is 0. The number of carbonyl (C=O) groups excluding carboxylic acids is 3. The minimum absolute atomic E-state index is 0.115. The standard InChI is InChI=1S/C14H17N3O3/c1-9-3-2-4-10(7-9)5-6-12(18)15-8-11-13(19)17-14(20)16-11/h2-4,7,11H,5-6,8H2,1H3,(H,15,18)(H2,16,17,19,20). The highest BCUT2D eigenvalue weighted by Crippen LogP contribution is 2.06. The van der Waals surface area contributed by atoms with Crippen LogP contribution in [0.3, 0.4) is 0 Å². The normalized spacial score (nSPS) is 17.6. The fourth-order valence-electron chi connectivity index (χ4n) is 2.03. The Labute approximate surface area is 116 Å². The highest BCUT2D eigenvalue weighted by molar-refractivity contribution is 6.04. The van der Waals surface area contributed by atoms with E-state index in [4.69, 9.17) is 0 Å².